The molecule has 2 aromatic rings. The van der Waals surface area contributed by atoms with E-state index < -0.39 is 16.2 Å². The highest BCUT2D eigenvalue weighted by Gasteiger charge is 2.18. The molecule has 2 rings (SSSR count). The van der Waals surface area contributed by atoms with Gasteiger partial charge in [-0.25, -0.2) is 4.79 Å². The Morgan fingerprint density at radius 3 is 2.30 bits per heavy atom. The monoisotopic (exact) mass is 342 g/mol. The van der Waals surface area contributed by atoms with Crippen LogP contribution in [0.25, 0.3) is 5.95 Å². The van der Waals surface area contributed by atoms with E-state index in [4.69, 9.17) is 9.47 Å². The number of aromatic nitrogens is 5. The average molecular weight is 342 g/mol. The summed E-state index contributed by atoms with van der Waals surface area (Å²) in [5, 5.41) is 4.04. The van der Waals surface area contributed by atoms with Crippen molar-refractivity contribution < 1.29 is 17.9 Å². The number of aryl methyl sites for hydroxylation is 1. The molecule has 11 nitrogen and oxygen atoms in total. The standard InChI is InChI=1S/C11H14N6O5S/c1-4-5-7-14-17(11(18)16(7)15-23(19)20)10-12-8(21-2)6-9(13-10)22-3/h6H,4-5H2,1-3H3. The zero-order valence-corrected chi connectivity index (χ0v) is 13.4. The Hall–Kier alpha value is -2.76. The van der Waals surface area contributed by atoms with Gasteiger partial charge in [0.2, 0.25) is 11.8 Å². The highest BCUT2D eigenvalue weighted by Crippen LogP contribution is 2.16. The maximum Gasteiger partial charge on any atom is 0.375 e. The van der Waals surface area contributed by atoms with E-state index in [-0.39, 0.29) is 23.5 Å². The summed E-state index contributed by atoms with van der Waals surface area (Å²) in [5.41, 5.74) is -0.812. The third kappa shape index (κ3) is 3.53. The van der Waals surface area contributed by atoms with Gasteiger partial charge in [-0.2, -0.15) is 18.4 Å². The van der Waals surface area contributed by atoms with Crippen LogP contribution in [-0.2, 0) is 16.9 Å². The molecule has 0 aliphatic rings. The molecule has 0 amide bonds. The second-order valence-corrected chi connectivity index (χ2v) is 4.82. The maximum absolute atomic E-state index is 12.3. The smallest absolute Gasteiger partial charge is 0.375 e. The Kier molecular flexibility index (Phi) is 5.05. The van der Waals surface area contributed by atoms with Crippen LogP contribution in [0.1, 0.15) is 19.2 Å². The summed E-state index contributed by atoms with van der Waals surface area (Å²) in [6.07, 6.45) is 0.990. The quantitative estimate of drug-likeness (QED) is 0.694. The topological polar surface area (TPSA) is 131 Å². The third-order valence-corrected chi connectivity index (χ3v) is 3.02. The zero-order valence-electron chi connectivity index (χ0n) is 12.6. The summed E-state index contributed by atoms with van der Waals surface area (Å²) >= 11 is 0. The molecule has 12 heteroatoms. The first-order valence-electron chi connectivity index (χ1n) is 6.50. The van der Waals surface area contributed by atoms with Crippen molar-refractivity contribution in [2.24, 2.45) is 4.47 Å². The van der Waals surface area contributed by atoms with E-state index >= 15 is 0 Å². The molecular formula is C11H14N6O5S. The minimum absolute atomic E-state index is 0.116. The predicted octanol–water partition coefficient (Wildman–Crippen LogP) is -0.381. The molecule has 0 unspecified atom stereocenters. The molecule has 0 fully saturated rings. The van der Waals surface area contributed by atoms with Crippen LogP contribution in [0.5, 0.6) is 11.8 Å². The van der Waals surface area contributed by atoms with Crippen LogP contribution in [0.4, 0.5) is 0 Å². The molecule has 124 valence electrons. The number of hydrogen-bond donors (Lipinski definition) is 0. The van der Waals surface area contributed by atoms with Crippen LogP contribution in [0, 0.1) is 0 Å². The fourth-order valence-electron chi connectivity index (χ4n) is 1.76. The van der Waals surface area contributed by atoms with Crippen molar-refractivity contribution in [3.63, 3.8) is 0 Å². The van der Waals surface area contributed by atoms with Crippen molar-refractivity contribution in [1.82, 2.24) is 24.4 Å². The molecule has 0 N–H and O–H groups in total. The van der Waals surface area contributed by atoms with Gasteiger partial charge in [0.05, 0.1) is 20.3 Å². The molecule has 0 aliphatic heterocycles. The molecule has 0 bridgehead atoms. The summed E-state index contributed by atoms with van der Waals surface area (Å²) in [6.45, 7) is 1.85. The molecular weight excluding hydrogens is 328 g/mol. The normalized spacial score (nSPS) is 10.4. The number of ether oxygens (including phenoxy) is 2. The Morgan fingerprint density at radius 1 is 1.22 bits per heavy atom. The van der Waals surface area contributed by atoms with Gasteiger partial charge < -0.3 is 9.47 Å². The molecule has 0 radical (unpaired) electrons. The lowest BCUT2D eigenvalue weighted by Gasteiger charge is -2.04. The van der Waals surface area contributed by atoms with Crippen LogP contribution in [0.15, 0.2) is 15.3 Å². The van der Waals surface area contributed by atoms with E-state index in [1.54, 1.807) is 0 Å². The van der Waals surface area contributed by atoms with Gasteiger partial charge in [-0.15, -0.1) is 14.5 Å². The fourth-order valence-corrected chi connectivity index (χ4v) is 2.05. The van der Waals surface area contributed by atoms with Gasteiger partial charge in [0.15, 0.2) is 5.82 Å². The minimum atomic E-state index is -2.80. The van der Waals surface area contributed by atoms with Crippen LogP contribution < -0.4 is 15.2 Å². The van der Waals surface area contributed by atoms with Crippen molar-refractivity contribution in [2.75, 3.05) is 14.2 Å². The van der Waals surface area contributed by atoms with E-state index in [2.05, 4.69) is 19.5 Å². The van der Waals surface area contributed by atoms with E-state index in [0.717, 1.165) is 4.68 Å². The highest BCUT2D eigenvalue weighted by atomic mass is 32.2. The van der Waals surface area contributed by atoms with Crippen molar-refractivity contribution in [1.29, 1.82) is 0 Å². The molecule has 0 aliphatic carbocycles. The van der Waals surface area contributed by atoms with Gasteiger partial charge in [-0.3, -0.25) is 0 Å². The average Bonchev–Trinajstić information content (AvgIpc) is 2.83. The minimum Gasteiger partial charge on any atom is -0.481 e. The Bertz CT molecular complexity index is 870. The van der Waals surface area contributed by atoms with Crippen molar-refractivity contribution in [3.05, 3.63) is 22.4 Å². The predicted molar refractivity (Wildman–Crippen MR) is 77.3 cm³/mol. The first kappa shape index (κ1) is 16.6. The Labute approximate surface area is 132 Å². The largest absolute Gasteiger partial charge is 0.481 e. The van der Waals surface area contributed by atoms with Gasteiger partial charge >= 0.3 is 16.2 Å². The summed E-state index contributed by atoms with van der Waals surface area (Å²) in [4.78, 5) is 20.3. The summed E-state index contributed by atoms with van der Waals surface area (Å²) in [7, 11) is -0.0129. The third-order valence-electron chi connectivity index (χ3n) is 2.72. The molecule has 0 aromatic carbocycles. The van der Waals surface area contributed by atoms with Crippen LogP contribution >= 0.6 is 0 Å². The number of hydrogen-bond acceptors (Lipinski definition) is 9. The lowest BCUT2D eigenvalue weighted by Crippen LogP contribution is -2.23. The van der Waals surface area contributed by atoms with Crippen molar-refractivity contribution in [3.8, 4) is 17.7 Å². The fraction of sp³-hybridized carbons (Fsp3) is 0.455. The molecule has 0 saturated heterocycles. The van der Waals surface area contributed by atoms with Gasteiger partial charge in [0.25, 0.3) is 5.95 Å². The van der Waals surface area contributed by atoms with E-state index in [9.17, 15) is 13.2 Å². The second-order valence-electron chi connectivity index (χ2n) is 4.22. The number of nitrogens with zero attached hydrogens (tertiary/aromatic N) is 6. The summed E-state index contributed by atoms with van der Waals surface area (Å²) in [6, 6.07) is 1.43. The summed E-state index contributed by atoms with van der Waals surface area (Å²) < 4.78 is 36.4. The first-order chi connectivity index (χ1) is 11.0. The van der Waals surface area contributed by atoms with E-state index in [0.29, 0.717) is 17.5 Å². The van der Waals surface area contributed by atoms with Crippen molar-refractivity contribution in [2.45, 2.75) is 19.8 Å². The molecule has 23 heavy (non-hydrogen) atoms. The molecule has 0 spiro atoms. The SMILES string of the molecule is CCCc1nn(-c2nc(OC)cc(OC)n2)c(=O)n1N=S(=O)=O. The Morgan fingerprint density at radius 2 is 1.83 bits per heavy atom. The lowest BCUT2D eigenvalue weighted by atomic mass is 10.3. The molecule has 0 saturated carbocycles. The summed E-state index contributed by atoms with van der Waals surface area (Å²) in [5.74, 6) is 0.380. The molecule has 0 atom stereocenters. The van der Waals surface area contributed by atoms with E-state index in [1.165, 1.54) is 20.3 Å². The maximum atomic E-state index is 12.3. The van der Waals surface area contributed by atoms with Gasteiger partial charge in [-0.05, 0) is 10.9 Å². The van der Waals surface area contributed by atoms with Crippen LogP contribution in [0.3, 0.4) is 0 Å². The van der Waals surface area contributed by atoms with Gasteiger partial charge in [0.1, 0.15) is 0 Å². The lowest BCUT2D eigenvalue weighted by molar-refractivity contribution is 0.369. The zero-order chi connectivity index (χ0) is 17.0. The first-order valence-corrected chi connectivity index (χ1v) is 7.53. The molecule has 2 aromatic heterocycles. The van der Waals surface area contributed by atoms with Crippen LogP contribution in [-0.4, -0.2) is 47.1 Å². The van der Waals surface area contributed by atoms with Gasteiger partial charge in [-0.1, -0.05) is 6.92 Å². The molecule has 2 heterocycles. The highest BCUT2D eigenvalue weighted by molar-refractivity contribution is 7.61. The van der Waals surface area contributed by atoms with Crippen molar-refractivity contribution >= 4 is 10.5 Å². The van der Waals surface area contributed by atoms with E-state index in [1.807, 2.05) is 6.92 Å². The van der Waals surface area contributed by atoms with Gasteiger partial charge in [0, 0.05) is 6.42 Å². The second kappa shape index (κ2) is 7.00. The number of methoxy groups -OCH3 is 2. The Balaban J connectivity index is 2.69. The van der Waals surface area contributed by atoms with Crippen LogP contribution in [0.2, 0.25) is 0 Å². The number of rotatable bonds is 6.